The molecule has 0 aromatic heterocycles. The van der Waals surface area contributed by atoms with Crippen LogP contribution in [0.25, 0.3) is 0 Å². The summed E-state index contributed by atoms with van der Waals surface area (Å²) in [5.74, 6) is 1.13. The van der Waals surface area contributed by atoms with Gasteiger partial charge >= 0.3 is 0 Å². The maximum absolute atomic E-state index is 12.9. The number of carbonyl (C=O) groups is 2. The molecule has 0 radical (unpaired) electrons. The summed E-state index contributed by atoms with van der Waals surface area (Å²) < 4.78 is 5.55. The van der Waals surface area contributed by atoms with Gasteiger partial charge in [-0.15, -0.1) is 11.8 Å². The number of nitrogens with one attached hydrogen (secondary N) is 1. The van der Waals surface area contributed by atoms with Crippen LogP contribution < -0.4 is 15.0 Å². The third-order valence-electron chi connectivity index (χ3n) is 5.72. The number of aryl methyl sites for hydroxylation is 1. The van der Waals surface area contributed by atoms with Gasteiger partial charge in [0.15, 0.2) is 0 Å². The Hall–Kier alpha value is -2.47. The molecule has 6 heteroatoms. The summed E-state index contributed by atoms with van der Waals surface area (Å²) in [6.07, 6.45) is 7.43. The van der Waals surface area contributed by atoms with E-state index >= 15 is 0 Å². The Morgan fingerprint density at radius 1 is 1.12 bits per heavy atom. The number of nitrogens with zero attached hydrogens (tertiary/aromatic N) is 1. The number of amides is 2. The zero-order valence-electron chi connectivity index (χ0n) is 19.4. The highest BCUT2D eigenvalue weighted by atomic mass is 32.2. The Labute approximate surface area is 195 Å². The summed E-state index contributed by atoms with van der Waals surface area (Å²) in [5.41, 5.74) is 3.53. The van der Waals surface area contributed by atoms with Crippen LogP contribution in [-0.4, -0.2) is 24.7 Å². The molecule has 0 unspecified atom stereocenters. The highest BCUT2D eigenvalue weighted by Gasteiger charge is 2.37. The second-order valence-electron chi connectivity index (χ2n) is 8.26. The molecular weight excluding hydrogens is 420 g/mol. The van der Waals surface area contributed by atoms with Gasteiger partial charge in [0.05, 0.1) is 18.6 Å². The summed E-state index contributed by atoms with van der Waals surface area (Å²) in [5, 5.41) is 2.88. The van der Waals surface area contributed by atoms with Crippen molar-refractivity contribution in [2.24, 2.45) is 0 Å². The molecule has 1 heterocycles. The highest BCUT2D eigenvalue weighted by Crippen LogP contribution is 2.46. The van der Waals surface area contributed by atoms with Crippen LogP contribution in [0.3, 0.4) is 0 Å². The van der Waals surface area contributed by atoms with Crippen LogP contribution in [0.4, 0.5) is 11.4 Å². The zero-order valence-corrected chi connectivity index (χ0v) is 20.2. The van der Waals surface area contributed by atoms with Gasteiger partial charge in [0.2, 0.25) is 11.8 Å². The van der Waals surface area contributed by atoms with Gasteiger partial charge in [0.1, 0.15) is 11.1 Å². The molecule has 32 heavy (non-hydrogen) atoms. The molecule has 0 spiro atoms. The first kappa shape index (κ1) is 24.2. The van der Waals surface area contributed by atoms with Gasteiger partial charge in [-0.3, -0.25) is 14.5 Å². The standard InChI is InChI=1S/C26H34N2O3S/c1-4-5-6-7-8-9-14-24(29)27-21-13-11-10-12-20(21)26-28(25(30)18-32-26)22-17-19(2)15-16-23(22)31-3/h10-13,15-17,26H,4-9,14,18H2,1-3H3,(H,27,29)/t26-/m0/s1. The lowest BCUT2D eigenvalue weighted by Gasteiger charge is -2.27. The van der Waals surface area contributed by atoms with E-state index in [0.717, 1.165) is 35.3 Å². The van der Waals surface area contributed by atoms with Gasteiger partial charge in [0, 0.05) is 17.7 Å². The van der Waals surface area contributed by atoms with Crippen molar-refractivity contribution in [3.8, 4) is 5.75 Å². The van der Waals surface area contributed by atoms with Gasteiger partial charge in [-0.2, -0.15) is 0 Å². The summed E-state index contributed by atoms with van der Waals surface area (Å²) in [7, 11) is 1.62. The molecule has 2 amide bonds. The largest absolute Gasteiger partial charge is 0.495 e. The molecule has 1 aliphatic rings. The van der Waals surface area contributed by atoms with E-state index in [2.05, 4.69) is 12.2 Å². The number of hydrogen-bond acceptors (Lipinski definition) is 4. The van der Waals surface area contributed by atoms with Crippen molar-refractivity contribution in [1.82, 2.24) is 0 Å². The van der Waals surface area contributed by atoms with Crippen molar-refractivity contribution in [3.05, 3.63) is 53.6 Å². The Bertz CT molecular complexity index is 931. The second-order valence-corrected chi connectivity index (χ2v) is 9.32. The number of carbonyl (C=O) groups excluding carboxylic acids is 2. The van der Waals surface area contributed by atoms with E-state index in [1.165, 1.54) is 25.7 Å². The number of hydrogen-bond donors (Lipinski definition) is 1. The fourth-order valence-electron chi connectivity index (χ4n) is 4.01. The van der Waals surface area contributed by atoms with Crippen LogP contribution in [-0.2, 0) is 9.59 Å². The zero-order chi connectivity index (χ0) is 22.9. The summed E-state index contributed by atoms with van der Waals surface area (Å²) in [6, 6.07) is 13.6. The maximum Gasteiger partial charge on any atom is 0.238 e. The van der Waals surface area contributed by atoms with Gasteiger partial charge in [-0.25, -0.2) is 0 Å². The van der Waals surface area contributed by atoms with Gasteiger partial charge < -0.3 is 10.1 Å². The predicted molar refractivity (Wildman–Crippen MR) is 133 cm³/mol. The average molecular weight is 455 g/mol. The van der Waals surface area contributed by atoms with Crippen molar-refractivity contribution < 1.29 is 14.3 Å². The molecule has 1 fully saturated rings. The average Bonchev–Trinajstić information content (AvgIpc) is 3.17. The third kappa shape index (κ3) is 6.06. The number of methoxy groups -OCH3 is 1. The number of para-hydroxylation sites is 1. The molecular formula is C26H34N2O3S. The number of anilines is 2. The maximum atomic E-state index is 12.9. The van der Waals surface area contributed by atoms with E-state index in [1.54, 1.807) is 23.8 Å². The van der Waals surface area contributed by atoms with Gasteiger partial charge in [0.25, 0.3) is 0 Å². The molecule has 3 rings (SSSR count). The second kappa shape index (κ2) is 12.0. The van der Waals surface area contributed by atoms with Crippen LogP contribution in [0.1, 0.15) is 68.4 Å². The first-order valence-electron chi connectivity index (χ1n) is 11.5. The molecule has 2 aromatic carbocycles. The van der Waals surface area contributed by atoms with Crippen molar-refractivity contribution >= 4 is 35.0 Å². The van der Waals surface area contributed by atoms with Crippen molar-refractivity contribution in [1.29, 1.82) is 0 Å². The van der Waals surface area contributed by atoms with Crippen LogP contribution >= 0.6 is 11.8 Å². The molecule has 1 atom stereocenters. The van der Waals surface area contributed by atoms with Crippen molar-refractivity contribution in [2.75, 3.05) is 23.1 Å². The Balaban J connectivity index is 1.75. The first-order chi connectivity index (χ1) is 15.5. The molecule has 1 N–H and O–H groups in total. The number of rotatable bonds is 11. The quantitative estimate of drug-likeness (QED) is 0.395. The van der Waals surface area contributed by atoms with E-state index in [0.29, 0.717) is 17.9 Å². The van der Waals surface area contributed by atoms with Crippen LogP contribution in [0.5, 0.6) is 5.75 Å². The molecule has 0 aliphatic carbocycles. The molecule has 172 valence electrons. The predicted octanol–water partition coefficient (Wildman–Crippen LogP) is 6.47. The normalized spacial score (nSPS) is 15.8. The van der Waals surface area contributed by atoms with Crippen molar-refractivity contribution in [3.63, 3.8) is 0 Å². The first-order valence-corrected chi connectivity index (χ1v) is 12.6. The molecule has 1 aliphatic heterocycles. The summed E-state index contributed by atoms with van der Waals surface area (Å²) in [4.78, 5) is 27.3. The Morgan fingerprint density at radius 2 is 1.88 bits per heavy atom. The van der Waals surface area contributed by atoms with E-state index in [4.69, 9.17) is 4.74 Å². The number of benzene rings is 2. The Morgan fingerprint density at radius 3 is 2.66 bits per heavy atom. The van der Waals surface area contributed by atoms with Gasteiger partial charge in [-0.05, 0) is 37.1 Å². The van der Waals surface area contributed by atoms with Gasteiger partial charge in [-0.1, -0.05) is 63.3 Å². The Kier molecular flexibility index (Phi) is 9.03. The molecule has 1 saturated heterocycles. The molecule has 5 nitrogen and oxygen atoms in total. The monoisotopic (exact) mass is 454 g/mol. The number of unbranched alkanes of at least 4 members (excludes halogenated alkanes) is 5. The third-order valence-corrected chi connectivity index (χ3v) is 6.91. The number of ether oxygens (including phenoxy) is 1. The van der Waals surface area contributed by atoms with Crippen LogP contribution in [0.2, 0.25) is 0 Å². The number of thioether (sulfide) groups is 1. The van der Waals surface area contributed by atoms with Crippen LogP contribution in [0, 0.1) is 6.92 Å². The minimum atomic E-state index is -0.219. The lowest BCUT2D eigenvalue weighted by atomic mass is 10.1. The van der Waals surface area contributed by atoms with E-state index < -0.39 is 0 Å². The fourth-order valence-corrected chi connectivity index (χ4v) is 5.21. The van der Waals surface area contributed by atoms with Crippen molar-refractivity contribution in [2.45, 2.75) is 64.2 Å². The molecule has 0 saturated carbocycles. The fraction of sp³-hybridized carbons (Fsp3) is 0.462. The van der Waals surface area contributed by atoms with E-state index in [1.807, 2.05) is 49.4 Å². The summed E-state index contributed by atoms with van der Waals surface area (Å²) >= 11 is 1.57. The molecule has 2 aromatic rings. The van der Waals surface area contributed by atoms with E-state index in [9.17, 15) is 9.59 Å². The lowest BCUT2D eigenvalue weighted by Crippen LogP contribution is -2.29. The topological polar surface area (TPSA) is 58.6 Å². The highest BCUT2D eigenvalue weighted by molar-refractivity contribution is 8.00. The van der Waals surface area contributed by atoms with E-state index in [-0.39, 0.29) is 17.2 Å². The minimum Gasteiger partial charge on any atom is -0.495 e. The smallest absolute Gasteiger partial charge is 0.238 e. The lowest BCUT2D eigenvalue weighted by molar-refractivity contribution is -0.116. The summed E-state index contributed by atoms with van der Waals surface area (Å²) in [6.45, 7) is 4.21. The SMILES string of the molecule is CCCCCCCCC(=O)Nc1ccccc1[C@@H]1SCC(=O)N1c1cc(C)ccc1OC. The molecule has 0 bridgehead atoms. The minimum absolute atomic E-state index is 0.0296. The van der Waals surface area contributed by atoms with Crippen LogP contribution in [0.15, 0.2) is 42.5 Å².